The van der Waals surface area contributed by atoms with Crippen LogP contribution >= 0.6 is 0 Å². The average molecular weight is 280 g/mol. The van der Waals surface area contributed by atoms with Crippen molar-refractivity contribution in [3.05, 3.63) is 54.1 Å². The number of nitrogens with two attached hydrogens (primary N) is 1. The molecule has 2 aromatic heterocycles. The largest absolute Gasteiger partial charge is 0.382 e. The summed E-state index contributed by atoms with van der Waals surface area (Å²) in [6.07, 6.45) is 3.10. The van der Waals surface area contributed by atoms with Crippen LogP contribution in [0.5, 0.6) is 0 Å². The van der Waals surface area contributed by atoms with Crippen molar-refractivity contribution in [2.75, 3.05) is 5.73 Å². The molecular formula is C14H9FN6. The summed E-state index contributed by atoms with van der Waals surface area (Å²) >= 11 is 0. The molecule has 102 valence electrons. The molecule has 0 atom stereocenters. The van der Waals surface area contributed by atoms with Crippen molar-refractivity contribution in [2.24, 2.45) is 0 Å². The highest BCUT2D eigenvalue weighted by atomic mass is 19.1. The zero-order chi connectivity index (χ0) is 14.8. The van der Waals surface area contributed by atoms with Gasteiger partial charge in [0.1, 0.15) is 29.0 Å². The van der Waals surface area contributed by atoms with Crippen LogP contribution in [-0.4, -0.2) is 19.7 Å². The first-order valence-electron chi connectivity index (χ1n) is 6.02. The molecule has 2 heterocycles. The molecule has 0 spiro atoms. The number of nitrogen functional groups attached to an aromatic ring is 1. The van der Waals surface area contributed by atoms with E-state index in [1.54, 1.807) is 18.5 Å². The summed E-state index contributed by atoms with van der Waals surface area (Å²) in [5.41, 5.74) is 7.10. The van der Waals surface area contributed by atoms with Crippen molar-refractivity contribution in [3.63, 3.8) is 0 Å². The van der Waals surface area contributed by atoms with Gasteiger partial charge in [-0.2, -0.15) is 15.0 Å². The Labute approximate surface area is 119 Å². The SMILES string of the molecule is N#Cc1c(-c2ccc(F)cc2)nn(-c2ncccn2)c1N. The van der Waals surface area contributed by atoms with Gasteiger partial charge in [-0.3, -0.25) is 0 Å². The monoisotopic (exact) mass is 280 g/mol. The number of benzene rings is 1. The van der Waals surface area contributed by atoms with Crippen LogP contribution in [0.2, 0.25) is 0 Å². The molecule has 3 rings (SSSR count). The van der Waals surface area contributed by atoms with Crippen LogP contribution in [-0.2, 0) is 0 Å². The number of anilines is 1. The van der Waals surface area contributed by atoms with E-state index in [4.69, 9.17) is 5.73 Å². The molecule has 0 aliphatic carbocycles. The molecule has 0 bridgehead atoms. The average Bonchev–Trinajstić information content (AvgIpc) is 2.85. The molecule has 0 amide bonds. The molecule has 2 N–H and O–H groups in total. The predicted octanol–water partition coefficient (Wildman–Crippen LogP) is 1.92. The van der Waals surface area contributed by atoms with Gasteiger partial charge < -0.3 is 5.73 Å². The van der Waals surface area contributed by atoms with E-state index in [1.807, 2.05) is 6.07 Å². The van der Waals surface area contributed by atoms with E-state index >= 15 is 0 Å². The fourth-order valence-corrected chi connectivity index (χ4v) is 1.90. The number of nitrogens with zero attached hydrogens (tertiary/aromatic N) is 5. The van der Waals surface area contributed by atoms with Gasteiger partial charge in [-0.1, -0.05) is 0 Å². The zero-order valence-electron chi connectivity index (χ0n) is 10.7. The van der Waals surface area contributed by atoms with Crippen LogP contribution in [0.25, 0.3) is 17.2 Å². The summed E-state index contributed by atoms with van der Waals surface area (Å²) in [5, 5.41) is 13.5. The highest BCUT2D eigenvalue weighted by Crippen LogP contribution is 2.27. The lowest BCUT2D eigenvalue weighted by molar-refractivity contribution is 0.628. The van der Waals surface area contributed by atoms with E-state index in [0.29, 0.717) is 11.3 Å². The molecule has 0 saturated carbocycles. The summed E-state index contributed by atoms with van der Waals surface area (Å²) in [6.45, 7) is 0. The van der Waals surface area contributed by atoms with Gasteiger partial charge in [-0.15, -0.1) is 0 Å². The third-order valence-electron chi connectivity index (χ3n) is 2.89. The number of rotatable bonds is 2. The molecule has 7 heteroatoms. The third-order valence-corrected chi connectivity index (χ3v) is 2.89. The minimum absolute atomic E-state index is 0.142. The van der Waals surface area contributed by atoms with Gasteiger partial charge in [0.05, 0.1) is 0 Å². The second-order valence-corrected chi connectivity index (χ2v) is 4.19. The third kappa shape index (κ3) is 2.19. The van der Waals surface area contributed by atoms with Crippen molar-refractivity contribution < 1.29 is 4.39 Å². The fraction of sp³-hybridized carbons (Fsp3) is 0. The minimum atomic E-state index is -0.365. The summed E-state index contributed by atoms with van der Waals surface area (Å²) in [6, 6.07) is 9.34. The Kier molecular flexibility index (Phi) is 3.04. The smallest absolute Gasteiger partial charge is 0.252 e. The van der Waals surface area contributed by atoms with Crippen molar-refractivity contribution in [1.29, 1.82) is 5.26 Å². The van der Waals surface area contributed by atoms with Gasteiger partial charge in [0.25, 0.3) is 5.95 Å². The molecule has 0 fully saturated rings. The Hall–Kier alpha value is -3.27. The Morgan fingerprint density at radius 3 is 2.43 bits per heavy atom. The Bertz CT molecular complexity index is 817. The van der Waals surface area contributed by atoms with Gasteiger partial charge in [0.2, 0.25) is 0 Å². The molecule has 0 radical (unpaired) electrons. The van der Waals surface area contributed by atoms with Crippen molar-refractivity contribution in [1.82, 2.24) is 19.7 Å². The lowest BCUT2D eigenvalue weighted by Crippen LogP contribution is -2.06. The summed E-state index contributed by atoms with van der Waals surface area (Å²) in [5.74, 6) is 0.0407. The normalized spacial score (nSPS) is 10.3. The van der Waals surface area contributed by atoms with Crippen LogP contribution < -0.4 is 5.73 Å². The minimum Gasteiger partial charge on any atom is -0.382 e. The molecule has 0 aliphatic rings. The van der Waals surface area contributed by atoms with Gasteiger partial charge >= 0.3 is 0 Å². The molecule has 0 saturated heterocycles. The Morgan fingerprint density at radius 1 is 1.14 bits per heavy atom. The van der Waals surface area contributed by atoms with E-state index in [0.717, 1.165) is 0 Å². The van der Waals surface area contributed by atoms with Gasteiger partial charge in [0, 0.05) is 18.0 Å². The second kappa shape index (κ2) is 5.02. The van der Waals surface area contributed by atoms with Crippen LogP contribution in [0.3, 0.4) is 0 Å². The summed E-state index contributed by atoms with van der Waals surface area (Å²) in [4.78, 5) is 8.09. The molecule has 0 aliphatic heterocycles. The predicted molar refractivity (Wildman–Crippen MR) is 73.7 cm³/mol. The quantitative estimate of drug-likeness (QED) is 0.774. The summed E-state index contributed by atoms with van der Waals surface area (Å²) in [7, 11) is 0. The van der Waals surface area contributed by atoms with Crippen molar-refractivity contribution in [3.8, 4) is 23.3 Å². The highest BCUT2D eigenvalue weighted by molar-refractivity contribution is 5.73. The van der Waals surface area contributed by atoms with Crippen molar-refractivity contribution in [2.45, 2.75) is 0 Å². The molecule has 0 unspecified atom stereocenters. The zero-order valence-corrected chi connectivity index (χ0v) is 10.7. The first kappa shape index (κ1) is 12.7. The van der Waals surface area contributed by atoms with Gasteiger partial charge in [-0.25, -0.2) is 14.4 Å². The Balaban J connectivity index is 2.19. The number of hydrogen-bond donors (Lipinski definition) is 1. The van der Waals surface area contributed by atoms with Crippen LogP contribution in [0, 0.1) is 17.1 Å². The Morgan fingerprint density at radius 2 is 1.81 bits per heavy atom. The molecule has 6 nitrogen and oxygen atoms in total. The maximum Gasteiger partial charge on any atom is 0.252 e. The van der Waals surface area contributed by atoms with E-state index in [9.17, 15) is 9.65 Å². The molecule has 21 heavy (non-hydrogen) atoms. The number of halogens is 1. The maximum absolute atomic E-state index is 13.0. The standard InChI is InChI=1S/C14H9FN6/c15-10-4-2-9(3-5-10)12-11(8-16)13(17)21(20-12)14-18-6-1-7-19-14/h1-7H,17H2. The fourth-order valence-electron chi connectivity index (χ4n) is 1.90. The lowest BCUT2D eigenvalue weighted by Gasteiger charge is -1.99. The molecule has 3 aromatic rings. The second-order valence-electron chi connectivity index (χ2n) is 4.19. The number of aromatic nitrogens is 4. The molecular weight excluding hydrogens is 271 g/mol. The van der Waals surface area contributed by atoms with E-state index in [-0.39, 0.29) is 23.1 Å². The number of hydrogen-bond acceptors (Lipinski definition) is 5. The first-order valence-corrected chi connectivity index (χ1v) is 6.02. The topological polar surface area (TPSA) is 93.4 Å². The highest BCUT2D eigenvalue weighted by Gasteiger charge is 2.19. The van der Waals surface area contributed by atoms with E-state index in [1.165, 1.54) is 28.9 Å². The summed E-state index contributed by atoms with van der Waals surface area (Å²) < 4.78 is 14.3. The van der Waals surface area contributed by atoms with Gasteiger partial charge in [0.15, 0.2) is 0 Å². The maximum atomic E-state index is 13.0. The first-order chi connectivity index (χ1) is 10.2. The number of nitriles is 1. The van der Waals surface area contributed by atoms with Crippen LogP contribution in [0.15, 0.2) is 42.7 Å². The lowest BCUT2D eigenvalue weighted by atomic mass is 10.1. The van der Waals surface area contributed by atoms with Crippen LogP contribution in [0.4, 0.5) is 10.2 Å². The van der Waals surface area contributed by atoms with E-state index in [2.05, 4.69) is 15.1 Å². The van der Waals surface area contributed by atoms with Crippen LogP contribution in [0.1, 0.15) is 5.56 Å². The van der Waals surface area contributed by atoms with Gasteiger partial charge in [-0.05, 0) is 30.3 Å². The molecule has 1 aromatic carbocycles. The van der Waals surface area contributed by atoms with Crippen molar-refractivity contribution >= 4 is 5.82 Å². The van der Waals surface area contributed by atoms with E-state index < -0.39 is 0 Å².